The highest BCUT2D eigenvalue weighted by atomic mass is 32.1. The van der Waals surface area contributed by atoms with E-state index in [2.05, 4.69) is 36.9 Å². The minimum atomic E-state index is 0.626. The molecule has 0 fully saturated rings. The molecule has 8 heteroatoms. The first-order valence-electron chi connectivity index (χ1n) is 10.9. The van der Waals surface area contributed by atoms with E-state index < -0.39 is 0 Å². The number of benzene rings is 2. The van der Waals surface area contributed by atoms with Crippen LogP contribution in [0.4, 0.5) is 11.5 Å². The molecule has 0 saturated carbocycles. The van der Waals surface area contributed by atoms with Gasteiger partial charge in [-0.25, -0.2) is 4.98 Å². The minimum Gasteiger partial charge on any atom is -0.495 e. The summed E-state index contributed by atoms with van der Waals surface area (Å²) in [5.41, 5.74) is 4.19. The largest absolute Gasteiger partial charge is 0.495 e. The predicted octanol–water partition coefficient (Wildman–Crippen LogP) is 6.85. The summed E-state index contributed by atoms with van der Waals surface area (Å²) in [6, 6.07) is 23.5. The smallest absolute Gasteiger partial charge is 0.171 e. The van der Waals surface area contributed by atoms with Crippen LogP contribution < -0.4 is 14.8 Å². The lowest BCUT2D eigenvalue weighted by atomic mass is 10.1. The number of anilines is 2. The molecule has 0 radical (unpaired) electrons. The van der Waals surface area contributed by atoms with Gasteiger partial charge in [-0.05, 0) is 35.7 Å². The SMILES string of the molecule is COc1cnc2c(Oc3ccc(Nc4nnc(-c5ccccc5)c5ccsc45)cc3)ccnc2c1. The maximum atomic E-state index is 6.10. The van der Waals surface area contributed by atoms with Crippen LogP contribution in [0, 0.1) is 0 Å². The Bertz CT molecular complexity index is 1640. The summed E-state index contributed by atoms with van der Waals surface area (Å²) in [7, 11) is 1.60. The summed E-state index contributed by atoms with van der Waals surface area (Å²) >= 11 is 1.64. The molecule has 0 saturated heterocycles. The van der Waals surface area contributed by atoms with E-state index >= 15 is 0 Å². The van der Waals surface area contributed by atoms with Crippen LogP contribution in [0.15, 0.2) is 90.6 Å². The average Bonchev–Trinajstić information content (AvgIpc) is 3.41. The van der Waals surface area contributed by atoms with Crippen LogP contribution in [0.5, 0.6) is 17.2 Å². The van der Waals surface area contributed by atoms with Crippen molar-refractivity contribution in [2.24, 2.45) is 0 Å². The number of fused-ring (bicyclic) bond motifs is 2. The Morgan fingerprint density at radius 3 is 2.54 bits per heavy atom. The quantitative estimate of drug-likeness (QED) is 0.281. The van der Waals surface area contributed by atoms with Crippen molar-refractivity contribution >= 4 is 44.0 Å². The molecule has 1 N–H and O–H groups in total. The average molecular weight is 478 g/mol. The van der Waals surface area contributed by atoms with Crippen molar-refractivity contribution in [2.75, 3.05) is 12.4 Å². The zero-order valence-electron chi connectivity index (χ0n) is 18.7. The second-order valence-corrected chi connectivity index (χ2v) is 8.65. The van der Waals surface area contributed by atoms with E-state index in [9.17, 15) is 0 Å². The number of rotatable bonds is 6. The molecule has 0 aliphatic carbocycles. The van der Waals surface area contributed by atoms with Gasteiger partial charge in [0.05, 0.1) is 23.5 Å². The number of methoxy groups -OCH3 is 1. The summed E-state index contributed by atoms with van der Waals surface area (Å²) in [5.74, 6) is 2.69. The normalized spacial score (nSPS) is 11.0. The molecule has 6 aromatic rings. The second kappa shape index (κ2) is 9.00. The summed E-state index contributed by atoms with van der Waals surface area (Å²) in [6.07, 6.45) is 3.35. The van der Waals surface area contributed by atoms with Crippen molar-refractivity contribution < 1.29 is 9.47 Å². The Balaban J connectivity index is 1.24. The topological polar surface area (TPSA) is 82.0 Å². The lowest BCUT2D eigenvalue weighted by Gasteiger charge is -2.11. The number of nitrogens with one attached hydrogen (secondary N) is 1. The number of aromatic nitrogens is 4. The van der Waals surface area contributed by atoms with Crippen molar-refractivity contribution in [3.63, 3.8) is 0 Å². The molecule has 0 spiro atoms. The van der Waals surface area contributed by atoms with E-state index in [1.807, 2.05) is 60.7 Å². The fourth-order valence-electron chi connectivity index (χ4n) is 3.82. The zero-order chi connectivity index (χ0) is 23.6. The first-order chi connectivity index (χ1) is 17.3. The van der Waals surface area contributed by atoms with Gasteiger partial charge in [-0.2, -0.15) is 0 Å². The highest BCUT2D eigenvalue weighted by Crippen LogP contribution is 2.35. The number of nitrogens with zero attached hydrogens (tertiary/aromatic N) is 4. The van der Waals surface area contributed by atoms with Crippen molar-refractivity contribution in [1.29, 1.82) is 0 Å². The molecule has 6 rings (SSSR count). The molecule has 0 unspecified atom stereocenters. The summed E-state index contributed by atoms with van der Waals surface area (Å²) < 4.78 is 12.4. The fourth-order valence-corrected chi connectivity index (χ4v) is 4.66. The van der Waals surface area contributed by atoms with Gasteiger partial charge in [0.2, 0.25) is 0 Å². The molecular formula is C27H19N5O2S. The number of hydrogen-bond acceptors (Lipinski definition) is 8. The van der Waals surface area contributed by atoms with Crippen molar-refractivity contribution in [3.8, 4) is 28.5 Å². The Morgan fingerprint density at radius 2 is 1.71 bits per heavy atom. The van der Waals surface area contributed by atoms with Gasteiger partial charge in [0.25, 0.3) is 0 Å². The Labute approximate surface area is 205 Å². The van der Waals surface area contributed by atoms with Gasteiger partial charge in [0, 0.05) is 35.0 Å². The van der Waals surface area contributed by atoms with E-state index in [4.69, 9.17) is 9.47 Å². The molecule has 7 nitrogen and oxygen atoms in total. The predicted molar refractivity (Wildman–Crippen MR) is 139 cm³/mol. The number of thiophene rings is 1. The second-order valence-electron chi connectivity index (χ2n) is 7.73. The molecule has 4 heterocycles. The third-order valence-corrected chi connectivity index (χ3v) is 6.45. The van der Waals surface area contributed by atoms with Gasteiger partial charge in [0.1, 0.15) is 22.7 Å². The number of pyridine rings is 2. The molecule has 170 valence electrons. The maximum absolute atomic E-state index is 6.10. The highest BCUT2D eigenvalue weighted by Gasteiger charge is 2.13. The van der Waals surface area contributed by atoms with Crippen LogP contribution >= 0.6 is 11.3 Å². The summed E-state index contributed by atoms with van der Waals surface area (Å²) in [4.78, 5) is 8.79. The van der Waals surface area contributed by atoms with E-state index in [1.165, 1.54) is 0 Å². The highest BCUT2D eigenvalue weighted by molar-refractivity contribution is 7.17. The van der Waals surface area contributed by atoms with Crippen molar-refractivity contribution in [1.82, 2.24) is 20.2 Å². The number of hydrogen-bond donors (Lipinski definition) is 1. The molecule has 2 aromatic carbocycles. The third kappa shape index (κ3) is 4.11. The lowest BCUT2D eigenvalue weighted by molar-refractivity contribution is 0.413. The van der Waals surface area contributed by atoms with E-state index in [0.717, 1.165) is 32.8 Å². The van der Waals surface area contributed by atoms with Gasteiger partial charge >= 0.3 is 0 Å². The maximum Gasteiger partial charge on any atom is 0.171 e. The molecule has 0 aliphatic heterocycles. The minimum absolute atomic E-state index is 0.626. The molecule has 0 bridgehead atoms. The number of ether oxygens (including phenoxy) is 2. The Morgan fingerprint density at radius 1 is 0.857 bits per heavy atom. The van der Waals surface area contributed by atoms with Crippen molar-refractivity contribution in [3.05, 3.63) is 90.6 Å². The third-order valence-electron chi connectivity index (χ3n) is 5.53. The van der Waals surface area contributed by atoms with Crippen LogP contribution in [0.2, 0.25) is 0 Å². The van der Waals surface area contributed by atoms with Crippen LogP contribution in [0.1, 0.15) is 0 Å². The van der Waals surface area contributed by atoms with E-state index in [1.54, 1.807) is 36.9 Å². The molecular weight excluding hydrogens is 458 g/mol. The van der Waals surface area contributed by atoms with Gasteiger partial charge in [-0.1, -0.05) is 30.3 Å². The van der Waals surface area contributed by atoms with Gasteiger partial charge in [-0.15, -0.1) is 21.5 Å². The van der Waals surface area contributed by atoms with Crippen LogP contribution in [0.25, 0.3) is 32.4 Å². The molecule has 35 heavy (non-hydrogen) atoms. The van der Waals surface area contributed by atoms with E-state index in [-0.39, 0.29) is 0 Å². The lowest BCUT2D eigenvalue weighted by Crippen LogP contribution is -1.98. The monoisotopic (exact) mass is 477 g/mol. The summed E-state index contributed by atoms with van der Waals surface area (Å²) in [6.45, 7) is 0. The van der Waals surface area contributed by atoms with Crippen LogP contribution in [-0.4, -0.2) is 27.3 Å². The van der Waals surface area contributed by atoms with Gasteiger partial charge in [0.15, 0.2) is 11.6 Å². The van der Waals surface area contributed by atoms with Gasteiger partial charge in [-0.3, -0.25) is 4.98 Å². The molecule has 4 aromatic heterocycles. The molecule has 0 atom stereocenters. The van der Waals surface area contributed by atoms with Crippen LogP contribution in [-0.2, 0) is 0 Å². The summed E-state index contributed by atoms with van der Waals surface area (Å²) in [5, 5.41) is 15.5. The Kier molecular flexibility index (Phi) is 5.40. The van der Waals surface area contributed by atoms with Gasteiger partial charge < -0.3 is 14.8 Å². The molecule has 0 aliphatic rings. The molecule has 0 amide bonds. The Hall–Kier alpha value is -4.56. The first kappa shape index (κ1) is 21.0. The standard InChI is InChI=1S/C27H19N5O2S/c1-33-20-15-22-25(29-16-20)23(11-13-28-22)34-19-9-7-18(8-10-19)30-27-26-21(12-14-35-26)24(31-32-27)17-5-3-2-4-6-17/h2-16H,1H3,(H,30,32). The zero-order valence-corrected chi connectivity index (χ0v) is 19.5. The van der Waals surface area contributed by atoms with Crippen molar-refractivity contribution in [2.45, 2.75) is 0 Å². The van der Waals surface area contributed by atoms with E-state index in [0.29, 0.717) is 28.3 Å². The fraction of sp³-hybridized carbons (Fsp3) is 0.0370. The van der Waals surface area contributed by atoms with Crippen LogP contribution in [0.3, 0.4) is 0 Å². The first-order valence-corrected chi connectivity index (χ1v) is 11.8.